The number of anilines is 1. The van der Waals surface area contributed by atoms with Gasteiger partial charge in [-0.2, -0.15) is 0 Å². The third-order valence-electron chi connectivity index (χ3n) is 2.51. The average Bonchev–Trinajstić information content (AvgIpc) is 2.19. The number of benzene rings is 1. The number of carboxylic acids is 1. The van der Waals surface area contributed by atoms with Gasteiger partial charge in [0.25, 0.3) is 0 Å². The van der Waals surface area contributed by atoms with Gasteiger partial charge in [0.05, 0.1) is 0 Å². The average molecular weight is 209 g/mol. The summed E-state index contributed by atoms with van der Waals surface area (Å²) in [5.41, 5.74) is 1.66. The van der Waals surface area contributed by atoms with E-state index in [1.54, 1.807) is 37.1 Å². The van der Waals surface area contributed by atoms with Crippen molar-refractivity contribution in [1.29, 1.82) is 0 Å². The largest absolute Gasteiger partial charge is 0.508 e. The van der Waals surface area contributed by atoms with Gasteiger partial charge in [0.2, 0.25) is 0 Å². The van der Waals surface area contributed by atoms with E-state index in [1.807, 2.05) is 6.92 Å². The van der Waals surface area contributed by atoms with Crippen molar-refractivity contribution in [2.24, 2.45) is 0 Å². The number of aromatic hydroxyl groups is 1. The molecule has 0 aliphatic rings. The minimum atomic E-state index is -0.889. The molecule has 1 aromatic rings. The van der Waals surface area contributed by atoms with Crippen LogP contribution in [0.4, 0.5) is 5.69 Å². The zero-order valence-electron chi connectivity index (χ0n) is 9.06. The maximum atomic E-state index is 10.8. The Morgan fingerprint density at radius 2 is 2.07 bits per heavy atom. The van der Waals surface area contributed by atoms with Crippen LogP contribution in [0, 0.1) is 6.92 Å². The highest BCUT2D eigenvalue weighted by molar-refractivity contribution is 5.78. The minimum Gasteiger partial charge on any atom is -0.508 e. The normalized spacial score (nSPS) is 12.2. The summed E-state index contributed by atoms with van der Waals surface area (Å²) < 4.78 is 0. The molecule has 0 aliphatic carbocycles. The van der Waals surface area contributed by atoms with Crippen LogP contribution in [0.15, 0.2) is 18.2 Å². The lowest BCUT2D eigenvalue weighted by atomic mass is 10.1. The smallest absolute Gasteiger partial charge is 0.326 e. The molecule has 0 bridgehead atoms. The number of aryl methyl sites for hydroxylation is 1. The van der Waals surface area contributed by atoms with Crippen LogP contribution in [0.1, 0.15) is 12.5 Å². The SMILES string of the molecule is Cc1ccc(O)cc1N(C)C(C)C(=O)O. The molecule has 0 fully saturated rings. The van der Waals surface area contributed by atoms with Crippen LogP contribution < -0.4 is 4.90 Å². The first-order valence-corrected chi connectivity index (χ1v) is 4.68. The van der Waals surface area contributed by atoms with Crippen LogP contribution in [0.25, 0.3) is 0 Å². The van der Waals surface area contributed by atoms with Crippen LogP contribution in [-0.4, -0.2) is 29.3 Å². The van der Waals surface area contributed by atoms with E-state index in [9.17, 15) is 9.90 Å². The maximum absolute atomic E-state index is 10.8. The number of hydrogen-bond donors (Lipinski definition) is 2. The fourth-order valence-corrected chi connectivity index (χ4v) is 1.35. The number of phenolic OH excluding ortho intramolecular Hbond substituents is 1. The van der Waals surface area contributed by atoms with Gasteiger partial charge in [-0.05, 0) is 25.5 Å². The van der Waals surface area contributed by atoms with E-state index in [0.717, 1.165) is 11.3 Å². The van der Waals surface area contributed by atoms with Crippen molar-refractivity contribution in [3.05, 3.63) is 23.8 Å². The Morgan fingerprint density at radius 3 is 2.60 bits per heavy atom. The Morgan fingerprint density at radius 1 is 1.47 bits per heavy atom. The Kier molecular flexibility index (Phi) is 3.19. The van der Waals surface area contributed by atoms with Crippen molar-refractivity contribution in [2.45, 2.75) is 19.9 Å². The van der Waals surface area contributed by atoms with Crippen LogP contribution in [0.2, 0.25) is 0 Å². The number of hydrogen-bond acceptors (Lipinski definition) is 3. The van der Waals surface area contributed by atoms with Crippen LogP contribution in [0.5, 0.6) is 5.75 Å². The number of phenols is 1. The Hall–Kier alpha value is -1.71. The second-order valence-electron chi connectivity index (χ2n) is 3.60. The molecule has 82 valence electrons. The van der Waals surface area contributed by atoms with E-state index < -0.39 is 12.0 Å². The molecule has 2 N–H and O–H groups in total. The summed E-state index contributed by atoms with van der Waals surface area (Å²) in [6.45, 7) is 3.48. The Balaban J connectivity index is 3.04. The van der Waals surface area contributed by atoms with Crippen LogP contribution in [0.3, 0.4) is 0 Å². The van der Waals surface area contributed by atoms with Gasteiger partial charge < -0.3 is 15.1 Å². The first-order valence-electron chi connectivity index (χ1n) is 4.68. The molecular weight excluding hydrogens is 194 g/mol. The van der Waals surface area contributed by atoms with Gasteiger partial charge in [-0.1, -0.05) is 6.07 Å². The molecule has 0 heterocycles. The lowest BCUT2D eigenvalue weighted by Gasteiger charge is -2.25. The second kappa shape index (κ2) is 4.21. The molecule has 0 saturated heterocycles. The van der Waals surface area contributed by atoms with Gasteiger partial charge in [-0.3, -0.25) is 0 Å². The molecule has 1 aromatic carbocycles. The van der Waals surface area contributed by atoms with Gasteiger partial charge in [0, 0.05) is 18.8 Å². The first-order chi connectivity index (χ1) is 6.93. The molecule has 0 aromatic heterocycles. The molecule has 0 radical (unpaired) electrons. The highest BCUT2D eigenvalue weighted by Crippen LogP contribution is 2.25. The van der Waals surface area contributed by atoms with Gasteiger partial charge >= 0.3 is 5.97 Å². The number of carboxylic acid groups (broad SMARTS) is 1. The highest BCUT2D eigenvalue weighted by atomic mass is 16.4. The van der Waals surface area contributed by atoms with Crippen molar-refractivity contribution in [3.63, 3.8) is 0 Å². The third kappa shape index (κ3) is 2.40. The Labute approximate surface area is 88.8 Å². The van der Waals surface area contributed by atoms with Gasteiger partial charge in [0.15, 0.2) is 0 Å². The summed E-state index contributed by atoms with van der Waals surface area (Å²) in [7, 11) is 1.69. The monoisotopic (exact) mass is 209 g/mol. The molecule has 1 atom stereocenters. The quantitative estimate of drug-likeness (QED) is 0.794. The number of nitrogens with zero attached hydrogens (tertiary/aromatic N) is 1. The zero-order chi connectivity index (χ0) is 11.6. The second-order valence-corrected chi connectivity index (χ2v) is 3.60. The molecule has 0 spiro atoms. The summed E-state index contributed by atoms with van der Waals surface area (Å²) in [6, 6.07) is 4.29. The zero-order valence-corrected chi connectivity index (χ0v) is 9.06. The van der Waals surface area contributed by atoms with Crippen molar-refractivity contribution >= 4 is 11.7 Å². The lowest BCUT2D eigenvalue weighted by molar-refractivity contribution is -0.138. The van der Waals surface area contributed by atoms with E-state index in [0.29, 0.717) is 0 Å². The molecule has 0 aliphatic heterocycles. The van der Waals surface area contributed by atoms with Crippen molar-refractivity contribution < 1.29 is 15.0 Å². The van der Waals surface area contributed by atoms with Crippen LogP contribution >= 0.6 is 0 Å². The molecule has 1 rings (SSSR count). The van der Waals surface area contributed by atoms with E-state index in [2.05, 4.69) is 0 Å². The van der Waals surface area contributed by atoms with E-state index in [-0.39, 0.29) is 5.75 Å². The molecular formula is C11H15NO3. The number of aliphatic carboxylic acids is 1. The first kappa shape index (κ1) is 11.4. The van der Waals surface area contributed by atoms with Crippen molar-refractivity contribution in [2.75, 3.05) is 11.9 Å². The number of rotatable bonds is 3. The van der Waals surface area contributed by atoms with E-state index >= 15 is 0 Å². The maximum Gasteiger partial charge on any atom is 0.326 e. The molecule has 0 saturated carbocycles. The summed E-state index contributed by atoms with van der Waals surface area (Å²) in [5, 5.41) is 18.2. The van der Waals surface area contributed by atoms with Gasteiger partial charge in [-0.25, -0.2) is 4.79 Å². The minimum absolute atomic E-state index is 0.139. The topological polar surface area (TPSA) is 60.8 Å². The molecule has 4 heteroatoms. The summed E-state index contributed by atoms with van der Waals surface area (Å²) in [5.74, 6) is -0.750. The van der Waals surface area contributed by atoms with Gasteiger partial charge in [0.1, 0.15) is 11.8 Å². The van der Waals surface area contributed by atoms with E-state index in [4.69, 9.17) is 5.11 Å². The summed E-state index contributed by atoms with van der Waals surface area (Å²) in [4.78, 5) is 12.4. The lowest BCUT2D eigenvalue weighted by Crippen LogP contribution is -2.36. The number of likely N-dealkylation sites (N-methyl/N-ethyl adjacent to an activating group) is 1. The molecule has 4 nitrogen and oxygen atoms in total. The van der Waals surface area contributed by atoms with E-state index in [1.165, 1.54) is 0 Å². The summed E-state index contributed by atoms with van der Waals surface area (Å²) in [6.07, 6.45) is 0. The fraction of sp³-hybridized carbons (Fsp3) is 0.364. The molecule has 1 unspecified atom stereocenters. The third-order valence-corrected chi connectivity index (χ3v) is 2.51. The van der Waals surface area contributed by atoms with Gasteiger partial charge in [-0.15, -0.1) is 0 Å². The van der Waals surface area contributed by atoms with Crippen molar-refractivity contribution in [3.8, 4) is 5.75 Å². The predicted molar refractivity (Wildman–Crippen MR) is 58.3 cm³/mol. The van der Waals surface area contributed by atoms with Crippen LogP contribution in [-0.2, 0) is 4.79 Å². The number of carbonyl (C=O) groups is 1. The summed E-state index contributed by atoms with van der Waals surface area (Å²) >= 11 is 0. The fourth-order valence-electron chi connectivity index (χ4n) is 1.35. The standard InChI is InChI=1S/C11H15NO3/c1-7-4-5-9(13)6-10(7)12(3)8(2)11(14)15/h4-6,8,13H,1-3H3,(H,14,15). The molecule has 0 amide bonds. The van der Waals surface area contributed by atoms with Crippen molar-refractivity contribution in [1.82, 2.24) is 0 Å². The molecule has 15 heavy (non-hydrogen) atoms. The highest BCUT2D eigenvalue weighted by Gasteiger charge is 2.18. The Bertz CT molecular complexity index is 376. The predicted octanol–water partition coefficient (Wildman–Crippen LogP) is 1.61.